The van der Waals surface area contributed by atoms with Gasteiger partial charge in [-0.15, -0.1) is 0 Å². The zero-order valence-electron chi connectivity index (χ0n) is 25.7. The lowest BCUT2D eigenvalue weighted by Crippen LogP contribution is -2.54. The Balaban J connectivity index is 0.000000216. The zero-order chi connectivity index (χ0) is 29.7. The van der Waals surface area contributed by atoms with Crippen molar-refractivity contribution in [1.29, 1.82) is 0 Å². The first-order valence-corrected chi connectivity index (χ1v) is 17.3. The molecule has 5 aliphatic rings. The number of sulfonamides is 1. The molecule has 6 rings (SSSR count). The molecule has 3 amide bonds. The van der Waals surface area contributed by atoms with Crippen LogP contribution in [0.2, 0.25) is 0 Å². The van der Waals surface area contributed by atoms with Gasteiger partial charge in [0, 0.05) is 26.2 Å². The maximum Gasteiger partial charge on any atom is 0.322 e. The summed E-state index contributed by atoms with van der Waals surface area (Å²) >= 11 is 0. The van der Waals surface area contributed by atoms with Crippen LogP contribution in [0.3, 0.4) is 0 Å². The molecular weight excluding hydrogens is 536 g/mol. The van der Waals surface area contributed by atoms with Crippen LogP contribution in [0.5, 0.6) is 0 Å². The van der Waals surface area contributed by atoms with Gasteiger partial charge in [0.25, 0.3) is 5.91 Å². The van der Waals surface area contributed by atoms with E-state index in [1.54, 1.807) is 0 Å². The lowest BCUT2D eigenvalue weighted by atomic mass is 9.65. The van der Waals surface area contributed by atoms with Gasteiger partial charge in [-0.3, -0.25) is 10.1 Å². The summed E-state index contributed by atoms with van der Waals surface area (Å²) in [6.45, 7) is 12.2. The van der Waals surface area contributed by atoms with Gasteiger partial charge in [-0.2, -0.15) is 0 Å². The Morgan fingerprint density at radius 3 is 2.17 bits per heavy atom. The van der Waals surface area contributed by atoms with Gasteiger partial charge in [0.2, 0.25) is 10.0 Å². The topological polar surface area (TPSA) is 98.8 Å². The number of carbonyl (C=O) groups is 2. The fourth-order valence-corrected chi connectivity index (χ4v) is 10.8. The van der Waals surface area contributed by atoms with E-state index >= 15 is 0 Å². The van der Waals surface area contributed by atoms with Crippen LogP contribution in [0.1, 0.15) is 90.2 Å². The molecule has 4 fully saturated rings. The molecule has 0 aromatic heterocycles. The van der Waals surface area contributed by atoms with Gasteiger partial charge >= 0.3 is 6.03 Å². The number of piperidine rings is 2. The molecular formula is C32H50N4O4S. The van der Waals surface area contributed by atoms with E-state index in [1.165, 1.54) is 17.5 Å². The summed E-state index contributed by atoms with van der Waals surface area (Å²) < 4.78 is 28.8. The molecule has 2 N–H and O–H groups in total. The number of carbonyl (C=O) groups excluding carboxylic acids is 2. The molecule has 3 saturated heterocycles. The van der Waals surface area contributed by atoms with Crippen LogP contribution in [0.25, 0.3) is 0 Å². The number of likely N-dealkylation sites (tertiary alicyclic amines) is 1. The molecule has 228 valence electrons. The summed E-state index contributed by atoms with van der Waals surface area (Å²) in [4.78, 5) is 24.6. The van der Waals surface area contributed by atoms with E-state index in [2.05, 4.69) is 67.5 Å². The van der Waals surface area contributed by atoms with Crippen LogP contribution in [0.15, 0.2) is 24.3 Å². The Labute approximate surface area is 247 Å². The minimum atomic E-state index is -3.22. The van der Waals surface area contributed by atoms with Crippen molar-refractivity contribution in [3.63, 3.8) is 0 Å². The predicted octanol–water partition coefficient (Wildman–Crippen LogP) is 4.44. The van der Waals surface area contributed by atoms with Crippen LogP contribution in [0, 0.1) is 16.7 Å². The fraction of sp³-hybridized carbons (Fsp3) is 0.750. The number of imide groups is 1. The Morgan fingerprint density at radius 2 is 1.61 bits per heavy atom. The first kappa shape index (κ1) is 30.5. The zero-order valence-corrected chi connectivity index (χ0v) is 26.5. The lowest BCUT2D eigenvalue weighted by Gasteiger charge is -2.45. The highest BCUT2D eigenvalue weighted by atomic mass is 32.2. The molecule has 8 nitrogen and oxygen atoms in total. The van der Waals surface area contributed by atoms with E-state index in [9.17, 15) is 18.0 Å². The number of nitrogens with one attached hydrogen (secondary N) is 2. The molecule has 1 aromatic rings. The van der Waals surface area contributed by atoms with Gasteiger partial charge in [0.15, 0.2) is 0 Å². The first-order valence-electron chi connectivity index (χ1n) is 15.7. The summed E-state index contributed by atoms with van der Waals surface area (Å²) in [6.07, 6.45) is 8.84. The summed E-state index contributed by atoms with van der Waals surface area (Å²) in [5.41, 5.74) is 2.57. The van der Waals surface area contributed by atoms with Gasteiger partial charge < -0.3 is 10.2 Å². The van der Waals surface area contributed by atoms with Gasteiger partial charge in [0.1, 0.15) is 5.54 Å². The van der Waals surface area contributed by atoms with Gasteiger partial charge in [-0.05, 0) is 98.1 Å². The van der Waals surface area contributed by atoms with Crippen molar-refractivity contribution in [1.82, 2.24) is 19.8 Å². The Bertz CT molecular complexity index is 1260. The van der Waals surface area contributed by atoms with Crippen molar-refractivity contribution in [2.75, 3.05) is 39.0 Å². The number of urea groups is 1. The SMILES string of the molecule is CCC1(CS(=O)(=O)N2CCC3(CCc4ccccc43)CC2)CCC(C)C1(C)C.CN1CCC2(CC1)NC(=O)NC2=O. The summed E-state index contributed by atoms with van der Waals surface area (Å²) in [5.74, 6) is 0.755. The highest BCUT2D eigenvalue weighted by Crippen LogP contribution is 2.58. The molecule has 2 unspecified atom stereocenters. The smallest absolute Gasteiger partial charge is 0.322 e. The molecule has 0 bridgehead atoms. The van der Waals surface area contributed by atoms with Crippen LogP contribution >= 0.6 is 0 Å². The van der Waals surface area contributed by atoms with E-state index in [0.29, 0.717) is 37.6 Å². The third-order valence-electron chi connectivity index (χ3n) is 12.2. The second-order valence-corrected chi connectivity index (χ2v) is 16.2. The molecule has 9 heteroatoms. The summed E-state index contributed by atoms with van der Waals surface area (Å²) in [5, 5.41) is 5.00. The molecule has 2 aliphatic carbocycles. The van der Waals surface area contributed by atoms with Crippen molar-refractivity contribution >= 4 is 22.0 Å². The summed E-state index contributed by atoms with van der Waals surface area (Å²) in [7, 11) is -1.21. The maximum atomic E-state index is 13.5. The third kappa shape index (κ3) is 5.35. The number of rotatable bonds is 4. The number of amides is 3. The number of hydrogen-bond acceptors (Lipinski definition) is 5. The number of hydrogen-bond donors (Lipinski definition) is 2. The third-order valence-corrected chi connectivity index (χ3v) is 14.2. The Kier molecular flexibility index (Phi) is 8.14. The summed E-state index contributed by atoms with van der Waals surface area (Å²) in [6, 6.07) is 8.45. The number of nitrogens with zero attached hydrogens (tertiary/aromatic N) is 2. The molecule has 41 heavy (non-hydrogen) atoms. The van der Waals surface area contributed by atoms with Crippen molar-refractivity contribution in [3.8, 4) is 0 Å². The van der Waals surface area contributed by atoms with Gasteiger partial charge in [0.05, 0.1) is 5.75 Å². The average molecular weight is 587 g/mol. The molecule has 1 aromatic carbocycles. The standard InChI is InChI=1S/C24H37NO2S.C8H13N3O2/c1-5-24(13-10-19(2)22(24,3)4)18-28(26,27)25-16-14-23(15-17-25)12-11-20-8-6-7-9-21(20)23;1-11-4-2-8(3-5-11)6(12)9-7(13)10-8/h6-9,19H,5,10-18H2,1-4H3;2-5H2,1H3,(H2,9,10,12,13). The van der Waals surface area contributed by atoms with E-state index in [1.807, 2.05) is 11.4 Å². The number of fused-ring (bicyclic) bond motifs is 2. The second-order valence-electron chi connectivity index (χ2n) is 14.2. The van der Waals surface area contributed by atoms with Crippen molar-refractivity contribution in [2.24, 2.45) is 16.7 Å². The molecule has 3 aliphatic heterocycles. The minimum Gasteiger partial charge on any atom is -0.323 e. The normalized spacial score (nSPS) is 30.5. The molecule has 1 saturated carbocycles. The molecule has 3 heterocycles. The lowest BCUT2D eigenvalue weighted by molar-refractivity contribution is -0.125. The maximum absolute atomic E-state index is 13.5. The van der Waals surface area contributed by atoms with Gasteiger partial charge in [-0.1, -0.05) is 52.0 Å². The van der Waals surface area contributed by atoms with Crippen LogP contribution in [-0.2, 0) is 26.7 Å². The largest absolute Gasteiger partial charge is 0.323 e. The monoisotopic (exact) mass is 586 g/mol. The van der Waals surface area contributed by atoms with Crippen LogP contribution in [0.4, 0.5) is 4.79 Å². The quantitative estimate of drug-likeness (QED) is 0.509. The average Bonchev–Trinajstić information content (AvgIpc) is 3.51. The van der Waals surface area contributed by atoms with Crippen LogP contribution in [-0.4, -0.2) is 74.1 Å². The number of benzene rings is 1. The van der Waals surface area contributed by atoms with Crippen LogP contribution < -0.4 is 10.6 Å². The Morgan fingerprint density at radius 1 is 0.951 bits per heavy atom. The molecule has 2 atom stereocenters. The number of aryl methyl sites for hydroxylation is 1. The van der Waals surface area contributed by atoms with Crippen molar-refractivity contribution < 1.29 is 18.0 Å². The van der Waals surface area contributed by atoms with Gasteiger partial charge in [-0.25, -0.2) is 17.5 Å². The highest BCUT2D eigenvalue weighted by molar-refractivity contribution is 7.89. The molecule has 2 spiro atoms. The fourth-order valence-electron chi connectivity index (χ4n) is 8.49. The highest BCUT2D eigenvalue weighted by Gasteiger charge is 2.54. The minimum absolute atomic E-state index is 0.0796. The molecule has 0 radical (unpaired) electrons. The van der Waals surface area contributed by atoms with E-state index < -0.39 is 15.6 Å². The second kappa shape index (κ2) is 10.9. The van der Waals surface area contributed by atoms with E-state index in [-0.39, 0.29) is 28.2 Å². The van der Waals surface area contributed by atoms with E-state index in [4.69, 9.17) is 0 Å². The van der Waals surface area contributed by atoms with E-state index in [0.717, 1.165) is 51.6 Å². The van der Waals surface area contributed by atoms with Crippen molar-refractivity contribution in [2.45, 2.75) is 96.4 Å². The predicted molar refractivity (Wildman–Crippen MR) is 162 cm³/mol. The first-order chi connectivity index (χ1) is 19.3. The van der Waals surface area contributed by atoms with Crippen molar-refractivity contribution in [3.05, 3.63) is 35.4 Å². The Hall–Kier alpha value is -1.97.